The largest absolute Gasteiger partial charge is 2.00 e. The smallest absolute Gasteiger partial charge is 0.894 e. The summed E-state index contributed by atoms with van der Waals surface area (Å²) in [5, 5.41) is 0. The summed E-state index contributed by atoms with van der Waals surface area (Å²) in [6, 6.07) is 0. The molecule has 0 amide bonds. The van der Waals surface area contributed by atoms with Gasteiger partial charge in [0.05, 0.1) is 0 Å². The van der Waals surface area contributed by atoms with Crippen LogP contribution in [0.3, 0.4) is 0 Å². The summed E-state index contributed by atoms with van der Waals surface area (Å²) >= 11 is 0. The molecule has 0 saturated heterocycles. The van der Waals surface area contributed by atoms with Crippen LogP contribution in [-0.2, 0) is 19.5 Å². The maximum atomic E-state index is 8.58. The van der Waals surface area contributed by atoms with Gasteiger partial charge in [-0.1, -0.05) is 0 Å². The van der Waals surface area contributed by atoms with Crippen molar-refractivity contribution in [2.45, 2.75) is 0 Å². The fraction of sp³-hybridized carbons (Fsp3) is 0. The predicted molar refractivity (Wildman–Crippen MR) is 11.5 cm³/mol. The minimum Gasteiger partial charge on any atom is -0.894 e. The van der Waals surface area contributed by atoms with E-state index in [4.69, 9.17) is 19.2 Å². The van der Waals surface area contributed by atoms with Crippen LogP contribution < -0.4 is 19.2 Å². The Morgan fingerprint density at radius 1 is 0.857 bits per heavy atom. The fourth-order valence-corrected chi connectivity index (χ4v) is 0. The van der Waals surface area contributed by atoms with E-state index in [0.717, 1.165) is 0 Å². The van der Waals surface area contributed by atoms with Crippen molar-refractivity contribution in [2.24, 2.45) is 0 Å². The van der Waals surface area contributed by atoms with E-state index in [0.29, 0.717) is 0 Å². The third kappa shape index (κ3) is 223. The second kappa shape index (κ2) is 5.00. The maximum Gasteiger partial charge on any atom is 2.00 e. The molecule has 0 saturated carbocycles. The van der Waals surface area contributed by atoms with Crippen molar-refractivity contribution >= 4 is 19.2 Å². The van der Waals surface area contributed by atoms with Gasteiger partial charge in [0, 0.05) is 0 Å². The van der Waals surface area contributed by atoms with Crippen LogP contribution in [0.4, 0.5) is 0 Å². The van der Waals surface area contributed by atoms with Gasteiger partial charge in [0.15, 0.2) is 0 Å². The van der Waals surface area contributed by atoms with E-state index in [1.165, 1.54) is 0 Å². The van der Waals surface area contributed by atoms with E-state index >= 15 is 0 Å². The van der Waals surface area contributed by atoms with Gasteiger partial charge in [-0.05, 0) is 0 Å². The van der Waals surface area contributed by atoms with Crippen molar-refractivity contribution in [3.05, 3.63) is 0 Å². The van der Waals surface area contributed by atoms with E-state index in [-0.39, 0.29) is 29.6 Å². The van der Waals surface area contributed by atoms with Crippen LogP contribution >= 0.6 is 0 Å². The molecule has 7 heteroatoms. The van der Waals surface area contributed by atoms with Crippen LogP contribution in [0, 0.1) is 0 Å². The van der Waals surface area contributed by atoms with Gasteiger partial charge in [-0.25, -0.2) is 0 Å². The van der Waals surface area contributed by atoms with Gasteiger partial charge >= 0.3 is 29.6 Å². The quantitative estimate of drug-likeness (QED) is 0.336. The van der Waals surface area contributed by atoms with Crippen LogP contribution in [0.25, 0.3) is 0 Å². The predicted octanol–water partition coefficient (Wildman–Crippen LogP) is -5.52. The summed E-state index contributed by atoms with van der Waals surface area (Å²) in [4.78, 5) is 34.3. The summed E-state index contributed by atoms with van der Waals surface area (Å²) in [5.41, 5.74) is 0. The van der Waals surface area contributed by atoms with Crippen molar-refractivity contribution in [3.8, 4) is 0 Å². The molecule has 0 radical (unpaired) electrons. The molecule has 0 N–H and O–H groups in total. The average molecular weight is 166 g/mol. The standard InChI is InChI=1S/Be.O4Si.Zn/c;1-5(2,3)4;/q+2;-4;+2. The topological polar surface area (TPSA) is 92.2 Å². The molecule has 0 aromatic heterocycles. The zero-order valence-electron chi connectivity index (χ0n) is 3.55. The molecule has 0 heterocycles. The number of hydrogen-bond acceptors (Lipinski definition) is 4. The van der Waals surface area contributed by atoms with Gasteiger partial charge in [-0.15, -0.1) is 0 Å². The molecule has 4 nitrogen and oxygen atoms in total. The molecule has 0 spiro atoms. The Kier molecular flexibility index (Phi) is 11.2. The molecule has 0 aliphatic heterocycles. The Morgan fingerprint density at radius 2 is 0.857 bits per heavy atom. The first-order chi connectivity index (χ1) is 2.00. The van der Waals surface area contributed by atoms with Crippen molar-refractivity contribution < 1.29 is 38.7 Å². The first kappa shape index (κ1) is 15.7. The van der Waals surface area contributed by atoms with Gasteiger partial charge in [0.1, 0.15) is 0 Å². The molecular formula is BeO4SiZn. The third-order valence-electron chi connectivity index (χ3n) is 0. The van der Waals surface area contributed by atoms with Gasteiger partial charge in [-0.2, -0.15) is 0 Å². The van der Waals surface area contributed by atoms with E-state index in [1.807, 2.05) is 0 Å². The Morgan fingerprint density at radius 3 is 0.857 bits per heavy atom. The summed E-state index contributed by atoms with van der Waals surface area (Å²) in [7, 11) is -5.61. The maximum absolute atomic E-state index is 8.58. The van der Waals surface area contributed by atoms with Crippen molar-refractivity contribution in [1.82, 2.24) is 0 Å². The monoisotopic (exact) mass is 165 g/mol. The summed E-state index contributed by atoms with van der Waals surface area (Å²) in [6.45, 7) is 0. The van der Waals surface area contributed by atoms with Crippen LogP contribution in [0.15, 0.2) is 0 Å². The van der Waals surface area contributed by atoms with Crippen LogP contribution in [-0.4, -0.2) is 19.2 Å². The number of rotatable bonds is 0. The molecule has 0 aromatic carbocycles. The van der Waals surface area contributed by atoms with Gasteiger partial charge in [0.25, 0.3) is 0 Å². The Balaban J connectivity index is -0.0000000800. The van der Waals surface area contributed by atoms with E-state index in [9.17, 15) is 0 Å². The summed E-state index contributed by atoms with van der Waals surface area (Å²) in [6.07, 6.45) is 0. The van der Waals surface area contributed by atoms with E-state index < -0.39 is 9.05 Å². The summed E-state index contributed by atoms with van der Waals surface area (Å²) in [5.74, 6) is 0. The second-order valence-electron chi connectivity index (χ2n) is 0.500. The average Bonchev–Trinajstić information content (AvgIpc) is 0.722. The normalized spacial score (nSPS) is 8.57. The number of hydrogen-bond donors (Lipinski definition) is 0. The molecule has 0 aliphatic carbocycles. The Labute approximate surface area is 58.3 Å². The van der Waals surface area contributed by atoms with Crippen LogP contribution in [0.5, 0.6) is 0 Å². The molecule has 0 bridgehead atoms. The first-order valence-corrected chi connectivity index (χ1v) is 2.45. The minimum absolute atomic E-state index is 0. The van der Waals surface area contributed by atoms with Gasteiger partial charge in [-0.3, -0.25) is 0 Å². The minimum atomic E-state index is -5.61. The van der Waals surface area contributed by atoms with Crippen molar-refractivity contribution in [2.75, 3.05) is 0 Å². The second-order valence-corrected chi connectivity index (χ2v) is 1.50. The molecule has 0 aliphatic rings. The van der Waals surface area contributed by atoms with Crippen LogP contribution in [0.2, 0.25) is 0 Å². The van der Waals surface area contributed by atoms with E-state index in [2.05, 4.69) is 0 Å². The molecule has 0 aromatic rings. The molecule has 0 rings (SSSR count). The zero-order valence-corrected chi connectivity index (χ0v) is 7.51. The van der Waals surface area contributed by atoms with Gasteiger partial charge < -0.3 is 28.2 Å². The molecular weight excluding hydrogens is 166 g/mol. The molecule has 0 fully saturated rings. The zero-order chi connectivity index (χ0) is 4.50. The molecule has 7 heavy (non-hydrogen) atoms. The summed E-state index contributed by atoms with van der Waals surface area (Å²) < 4.78 is 0. The van der Waals surface area contributed by atoms with Crippen molar-refractivity contribution in [3.63, 3.8) is 0 Å². The SMILES string of the molecule is [Be+2].[O-][Si]([O-])([O-])[O-].[Zn+2]. The molecule has 0 unspecified atom stereocenters. The Hall–Kier alpha value is 0.849. The van der Waals surface area contributed by atoms with E-state index in [1.54, 1.807) is 0 Å². The Bertz CT molecular complexity index is 27.2. The fourth-order valence-electron chi connectivity index (χ4n) is 0. The molecule has 0 atom stereocenters. The van der Waals surface area contributed by atoms with Crippen molar-refractivity contribution in [1.29, 1.82) is 0 Å². The first-order valence-electron chi connectivity index (χ1n) is 0.816. The third-order valence-corrected chi connectivity index (χ3v) is 0. The molecule has 32 valence electrons. The van der Waals surface area contributed by atoms with Gasteiger partial charge in [0.2, 0.25) is 0 Å². The van der Waals surface area contributed by atoms with Crippen LogP contribution in [0.1, 0.15) is 0 Å².